The number of thiol groups is 2. The van der Waals surface area contributed by atoms with Crippen LogP contribution in [-0.4, -0.2) is 28.6 Å². The fourth-order valence-corrected chi connectivity index (χ4v) is 2.11. The number of anilines is 2. The molecule has 0 spiro atoms. The summed E-state index contributed by atoms with van der Waals surface area (Å²) < 4.78 is 0.431. The number of thiocarbonyl (C=S) groups is 2. The Labute approximate surface area is 137 Å². The summed E-state index contributed by atoms with van der Waals surface area (Å²) in [5.74, 6) is 0.879. The van der Waals surface area contributed by atoms with Crippen molar-refractivity contribution in [1.29, 1.82) is 0 Å². The van der Waals surface area contributed by atoms with Crippen LogP contribution in [0.15, 0.2) is 37.2 Å². The number of hydrazine groups is 1. The second-order valence-corrected chi connectivity index (χ2v) is 5.54. The molecule has 0 aliphatic rings. The van der Waals surface area contributed by atoms with E-state index in [0.29, 0.717) is 11.6 Å². The maximum atomic E-state index is 5.13. The van der Waals surface area contributed by atoms with Crippen molar-refractivity contribution < 1.29 is 0 Å². The molecule has 102 valence electrons. The molecule has 2 rings (SSSR count). The fourth-order valence-electron chi connectivity index (χ4n) is 1.37. The highest BCUT2D eigenvalue weighted by atomic mass is 32.1. The van der Waals surface area contributed by atoms with Gasteiger partial charge in [0, 0.05) is 24.8 Å². The minimum absolute atomic E-state index is 0.215. The van der Waals surface area contributed by atoms with Gasteiger partial charge >= 0.3 is 0 Å². The van der Waals surface area contributed by atoms with Crippen LogP contribution in [-0.2, 0) is 0 Å². The molecule has 0 unspecified atom stereocenters. The molecule has 0 saturated heterocycles. The van der Waals surface area contributed by atoms with Gasteiger partial charge in [0.25, 0.3) is 0 Å². The minimum Gasteiger partial charge on any atom is -0.259 e. The smallest absolute Gasteiger partial charge is 0.172 e. The molecule has 20 heavy (non-hydrogen) atoms. The Morgan fingerprint density at radius 1 is 0.800 bits per heavy atom. The Morgan fingerprint density at radius 2 is 1.20 bits per heavy atom. The van der Waals surface area contributed by atoms with Crippen LogP contribution in [0.3, 0.4) is 0 Å². The molecule has 6 nitrogen and oxygen atoms in total. The minimum atomic E-state index is 0.215. The number of nitrogens with zero attached hydrogens (tertiary/aromatic N) is 6. The van der Waals surface area contributed by atoms with Gasteiger partial charge in [0.1, 0.15) is 0 Å². The lowest BCUT2D eigenvalue weighted by molar-refractivity contribution is 0.996. The Balaban J connectivity index is 2.50. The first-order valence-corrected chi connectivity index (χ1v) is 6.90. The first-order valence-electron chi connectivity index (χ1n) is 5.19. The van der Waals surface area contributed by atoms with Crippen LogP contribution in [0.1, 0.15) is 0 Å². The molecule has 2 aromatic heterocycles. The van der Waals surface area contributed by atoms with E-state index in [0.717, 1.165) is 0 Å². The lowest BCUT2D eigenvalue weighted by Crippen LogP contribution is -2.47. The molecule has 10 heteroatoms. The molecule has 0 bridgehead atoms. The topological polar surface area (TPSA) is 58.0 Å². The molecule has 0 fully saturated rings. The van der Waals surface area contributed by atoms with Crippen molar-refractivity contribution in [3.8, 4) is 0 Å². The summed E-state index contributed by atoms with van der Waals surface area (Å²) in [6.07, 6.45) is 9.22. The van der Waals surface area contributed by atoms with Gasteiger partial charge in [-0.1, -0.05) is 24.4 Å². The van der Waals surface area contributed by atoms with Crippen LogP contribution >= 0.6 is 49.7 Å². The van der Waals surface area contributed by atoms with Gasteiger partial charge in [0.2, 0.25) is 0 Å². The maximum absolute atomic E-state index is 5.13. The second-order valence-electron chi connectivity index (χ2n) is 3.32. The molecule has 0 amide bonds. The highest BCUT2D eigenvalue weighted by Crippen LogP contribution is 2.21. The lowest BCUT2D eigenvalue weighted by atomic mass is 10.6. The van der Waals surface area contributed by atoms with E-state index < -0.39 is 0 Å². The average Bonchev–Trinajstić information content (AvgIpc) is 2.45. The third kappa shape index (κ3) is 3.39. The Hall–Kier alpha value is -1.36. The van der Waals surface area contributed by atoms with E-state index in [1.54, 1.807) is 12.4 Å². The number of rotatable bonds is 2. The zero-order valence-corrected chi connectivity index (χ0v) is 13.3. The zero-order chi connectivity index (χ0) is 14.5. The van der Waals surface area contributed by atoms with Crippen LogP contribution in [0.4, 0.5) is 11.6 Å². The Bertz CT molecular complexity index is 552. The first-order chi connectivity index (χ1) is 9.61. The van der Waals surface area contributed by atoms with Gasteiger partial charge in [-0.05, 0) is 0 Å². The summed E-state index contributed by atoms with van der Waals surface area (Å²) in [4.78, 5) is 16.3. The molecule has 0 radical (unpaired) electrons. The second kappa shape index (κ2) is 6.88. The van der Waals surface area contributed by atoms with Crippen molar-refractivity contribution >= 4 is 70.0 Å². The van der Waals surface area contributed by atoms with Crippen molar-refractivity contribution in [2.45, 2.75) is 0 Å². The van der Waals surface area contributed by atoms with E-state index in [-0.39, 0.29) is 8.64 Å². The van der Waals surface area contributed by atoms with Gasteiger partial charge < -0.3 is 0 Å². The molecule has 0 aromatic carbocycles. The van der Waals surface area contributed by atoms with Gasteiger partial charge in [-0.3, -0.25) is 9.97 Å². The quantitative estimate of drug-likeness (QED) is 0.489. The Morgan fingerprint density at radius 3 is 1.45 bits per heavy atom. The molecular formula is C10H8N6S4. The summed E-state index contributed by atoms with van der Waals surface area (Å²) in [7, 11) is 0. The molecule has 0 aliphatic heterocycles. The third-order valence-electron chi connectivity index (χ3n) is 2.10. The van der Waals surface area contributed by atoms with Crippen LogP contribution in [0.2, 0.25) is 0 Å². The molecule has 0 aliphatic carbocycles. The summed E-state index contributed by atoms with van der Waals surface area (Å²) in [5.41, 5.74) is 0. The molecular weight excluding hydrogens is 332 g/mol. The Kier molecular flexibility index (Phi) is 5.17. The molecule has 0 atom stereocenters. The third-order valence-corrected chi connectivity index (χ3v) is 2.82. The van der Waals surface area contributed by atoms with E-state index in [1.165, 1.54) is 34.8 Å². The maximum Gasteiger partial charge on any atom is 0.172 e. The van der Waals surface area contributed by atoms with Gasteiger partial charge in [-0.2, -0.15) is 0 Å². The van der Waals surface area contributed by atoms with E-state index in [2.05, 4.69) is 45.2 Å². The van der Waals surface area contributed by atoms with Crippen molar-refractivity contribution in [3.63, 3.8) is 0 Å². The predicted octanol–water partition coefficient (Wildman–Crippen LogP) is 1.92. The molecule has 2 heterocycles. The first kappa shape index (κ1) is 15.0. The predicted molar refractivity (Wildman–Crippen MR) is 92.2 cm³/mol. The van der Waals surface area contributed by atoms with Gasteiger partial charge in [-0.25, -0.2) is 20.0 Å². The number of hydrogen-bond donors (Lipinski definition) is 2. The van der Waals surface area contributed by atoms with Gasteiger partial charge in [0.15, 0.2) is 20.3 Å². The highest BCUT2D eigenvalue weighted by molar-refractivity contribution is 8.12. The largest absolute Gasteiger partial charge is 0.259 e. The standard InChI is InChI=1S/C10H8N6S4/c17-9(18)15(7-5-11-1-3-13-7)16(10(19)20)8-6-12-2-4-14-8/h1-6H,(H,17,18)(H,19,20). The monoisotopic (exact) mass is 340 g/mol. The fraction of sp³-hybridized carbons (Fsp3) is 0. The van der Waals surface area contributed by atoms with Crippen molar-refractivity contribution in [1.82, 2.24) is 19.9 Å². The van der Waals surface area contributed by atoms with Crippen molar-refractivity contribution in [2.24, 2.45) is 0 Å². The molecule has 0 saturated carbocycles. The summed E-state index contributed by atoms with van der Waals surface area (Å²) in [6, 6.07) is 0. The summed E-state index contributed by atoms with van der Waals surface area (Å²) in [5, 5.41) is 2.93. The van der Waals surface area contributed by atoms with Crippen LogP contribution in [0.25, 0.3) is 0 Å². The van der Waals surface area contributed by atoms with Crippen molar-refractivity contribution in [2.75, 3.05) is 10.0 Å². The van der Waals surface area contributed by atoms with E-state index in [4.69, 9.17) is 24.4 Å². The van der Waals surface area contributed by atoms with E-state index in [1.807, 2.05) is 0 Å². The average molecular weight is 340 g/mol. The number of hydrogen-bond acceptors (Lipinski definition) is 6. The zero-order valence-electron chi connectivity index (χ0n) is 9.86. The summed E-state index contributed by atoms with van der Waals surface area (Å²) >= 11 is 18.7. The highest BCUT2D eigenvalue weighted by Gasteiger charge is 2.24. The molecule has 2 aromatic rings. The van der Waals surface area contributed by atoms with Crippen molar-refractivity contribution in [3.05, 3.63) is 37.2 Å². The summed E-state index contributed by atoms with van der Waals surface area (Å²) in [6.45, 7) is 0. The lowest BCUT2D eigenvalue weighted by Gasteiger charge is -2.32. The normalized spacial score (nSPS) is 9.90. The molecule has 0 N–H and O–H groups in total. The van der Waals surface area contributed by atoms with Gasteiger partial charge in [-0.15, -0.1) is 25.3 Å². The van der Waals surface area contributed by atoms with E-state index in [9.17, 15) is 0 Å². The van der Waals surface area contributed by atoms with Crippen LogP contribution in [0, 0.1) is 0 Å². The van der Waals surface area contributed by atoms with Crippen LogP contribution < -0.4 is 10.0 Å². The van der Waals surface area contributed by atoms with E-state index >= 15 is 0 Å². The SMILES string of the molecule is S=C(S)N(c1cnccn1)N(C(=S)S)c1cnccn1. The number of aromatic nitrogens is 4. The van der Waals surface area contributed by atoms with Crippen LogP contribution in [0.5, 0.6) is 0 Å². The van der Waals surface area contributed by atoms with Gasteiger partial charge in [0.05, 0.1) is 12.4 Å².